The summed E-state index contributed by atoms with van der Waals surface area (Å²) < 4.78 is 1.82. The van der Waals surface area contributed by atoms with Gasteiger partial charge in [0.1, 0.15) is 5.78 Å². The Kier molecular flexibility index (Phi) is 5.92. The van der Waals surface area contributed by atoms with E-state index in [1.54, 1.807) is 12.4 Å². The molecule has 1 aromatic carbocycles. The first-order valence-electron chi connectivity index (χ1n) is 11.7. The van der Waals surface area contributed by atoms with Gasteiger partial charge in [-0.1, -0.05) is 38.1 Å². The summed E-state index contributed by atoms with van der Waals surface area (Å²) in [6.07, 6.45) is 5.46. The van der Waals surface area contributed by atoms with Gasteiger partial charge in [0.15, 0.2) is 11.5 Å². The quantitative estimate of drug-likeness (QED) is 0.426. The van der Waals surface area contributed by atoms with Crippen LogP contribution in [0.2, 0.25) is 0 Å². The number of nitrogens with one attached hydrogen (secondary N) is 1. The van der Waals surface area contributed by atoms with Crippen LogP contribution in [0.1, 0.15) is 54.4 Å². The minimum atomic E-state index is -0.139. The van der Waals surface area contributed by atoms with E-state index in [0.29, 0.717) is 23.7 Å². The predicted molar refractivity (Wildman–Crippen MR) is 129 cm³/mol. The van der Waals surface area contributed by atoms with Crippen LogP contribution in [0, 0.1) is 11.8 Å². The smallest absolute Gasteiger partial charge is 0.251 e. The molecule has 1 aliphatic rings. The van der Waals surface area contributed by atoms with E-state index >= 15 is 0 Å². The topological polar surface area (TPSA) is 89.2 Å². The van der Waals surface area contributed by atoms with Gasteiger partial charge in [-0.05, 0) is 48.7 Å². The number of carbonyl (C=O) groups excluding carboxylic acids is 2. The minimum absolute atomic E-state index is 0.0493. The maximum absolute atomic E-state index is 12.5. The highest BCUT2D eigenvalue weighted by molar-refractivity contribution is 5.94. The van der Waals surface area contributed by atoms with Crippen LogP contribution in [0.5, 0.6) is 0 Å². The van der Waals surface area contributed by atoms with Crippen LogP contribution in [0.4, 0.5) is 0 Å². The Balaban J connectivity index is 1.34. The van der Waals surface area contributed by atoms with Crippen LogP contribution < -0.4 is 5.32 Å². The number of pyridine rings is 2. The van der Waals surface area contributed by atoms with Gasteiger partial charge in [-0.3, -0.25) is 14.6 Å². The summed E-state index contributed by atoms with van der Waals surface area (Å²) in [5.74, 6) is 0.943. The van der Waals surface area contributed by atoms with E-state index in [-0.39, 0.29) is 23.7 Å². The normalized spacial score (nSPS) is 15.1. The fourth-order valence-corrected chi connectivity index (χ4v) is 4.12. The van der Waals surface area contributed by atoms with Gasteiger partial charge >= 0.3 is 0 Å². The minimum Gasteiger partial charge on any atom is -0.348 e. The zero-order valence-electron chi connectivity index (χ0n) is 19.3. The molecule has 7 nitrogen and oxygen atoms in total. The molecule has 1 amide bonds. The van der Waals surface area contributed by atoms with Crippen molar-refractivity contribution in [2.75, 3.05) is 0 Å². The predicted octanol–water partition coefficient (Wildman–Crippen LogP) is 4.44. The van der Waals surface area contributed by atoms with Crippen LogP contribution >= 0.6 is 0 Å². The molecular weight excluding hydrogens is 426 g/mol. The molecule has 172 valence electrons. The standard InChI is InChI=1S/C27H27N5O2/c1-17(25(33)21-10-11-21)18(2)26-30-24-7-3-6-23(32(24)31-26)20-8-12-22(13-9-20)27(34)29-16-19-5-4-14-28-15-19/h3-9,12-15,17-18,21H,10-11,16H2,1-2H3,(H,29,34). The van der Waals surface area contributed by atoms with Crippen molar-refractivity contribution < 1.29 is 9.59 Å². The highest BCUT2D eigenvalue weighted by Gasteiger charge is 2.36. The highest BCUT2D eigenvalue weighted by atomic mass is 16.1. The summed E-state index contributed by atoms with van der Waals surface area (Å²) in [6.45, 7) is 4.43. The summed E-state index contributed by atoms with van der Waals surface area (Å²) in [5, 5.41) is 7.68. The molecule has 0 bridgehead atoms. The van der Waals surface area contributed by atoms with Crippen molar-refractivity contribution >= 4 is 17.3 Å². The Morgan fingerprint density at radius 2 is 1.85 bits per heavy atom. The van der Waals surface area contributed by atoms with E-state index in [1.165, 1.54) is 0 Å². The average Bonchev–Trinajstić information content (AvgIpc) is 3.64. The van der Waals surface area contributed by atoms with Crippen molar-refractivity contribution in [3.05, 3.63) is 83.9 Å². The third-order valence-corrected chi connectivity index (χ3v) is 6.58. The van der Waals surface area contributed by atoms with Crippen molar-refractivity contribution in [2.45, 2.75) is 39.2 Å². The Bertz CT molecular complexity index is 1330. The summed E-state index contributed by atoms with van der Waals surface area (Å²) in [5.41, 5.74) is 4.08. The van der Waals surface area contributed by atoms with E-state index in [1.807, 2.05) is 73.0 Å². The molecule has 0 radical (unpaired) electrons. The van der Waals surface area contributed by atoms with E-state index in [9.17, 15) is 9.59 Å². The molecule has 3 aromatic heterocycles. The zero-order valence-corrected chi connectivity index (χ0v) is 19.3. The Morgan fingerprint density at radius 1 is 1.06 bits per heavy atom. The highest BCUT2D eigenvalue weighted by Crippen LogP contribution is 2.36. The molecule has 4 aromatic rings. The Hall–Kier alpha value is -3.87. The number of hydrogen-bond acceptors (Lipinski definition) is 5. The molecule has 0 spiro atoms. The Labute approximate surface area is 198 Å². The molecular formula is C27H27N5O2. The van der Waals surface area contributed by atoms with Gasteiger partial charge in [0.25, 0.3) is 5.91 Å². The van der Waals surface area contributed by atoms with E-state index in [4.69, 9.17) is 10.1 Å². The second-order valence-electron chi connectivity index (χ2n) is 9.03. The van der Waals surface area contributed by atoms with Crippen molar-refractivity contribution in [3.63, 3.8) is 0 Å². The molecule has 5 rings (SSSR count). The van der Waals surface area contributed by atoms with Crippen molar-refractivity contribution in [1.82, 2.24) is 24.9 Å². The van der Waals surface area contributed by atoms with Gasteiger partial charge in [-0.15, -0.1) is 0 Å². The monoisotopic (exact) mass is 453 g/mol. The number of fused-ring (bicyclic) bond motifs is 1. The van der Waals surface area contributed by atoms with Gasteiger partial charge in [-0.25, -0.2) is 9.50 Å². The van der Waals surface area contributed by atoms with Crippen LogP contribution in [-0.4, -0.2) is 31.3 Å². The van der Waals surface area contributed by atoms with E-state index < -0.39 is 0 Å². The number of amides is 1. The number of nitrogens with zero attached hydrogens (tertiary/aromatic N) is 4. The molecule has 0 saturated heterocycles. The fourth-order valence-electron chi connectivity index (χ4n) is 4.12. The number of carbonyl (C=O) groups is 2. The maximum atomic E-state index is 12.5. The second-order valence-corrected chi connectivity index (χ2v) is 9.03. The number of rotatable bonds is 8. The molecule has 2 unspecified atom stereocenters. The largest absolute Gasteiger partial charge is 0.348 e. The lowest BCUT2D eigenvalue weighted by molar-refractivity contribution is -0.124. The number of ketones is 1. The van der Waals surface area contributed by atoms with Crippen LogP contribution in [0.15, 0.2) is 67.0 Å². The molecule has 1 saturated carbocycles. The molecule has 1 aliphatic carbocycles. The fraction of sp³-hybridized carbons (Fsp3) is 0.296. The van der Waals surface area contributed by atoms with Gasteiger partial charge in [0.2, 0.25) is 0 Å². The number of hydrogen-bond donors (Lipinski definition) is 1. The van der Waals surface area contributed by atoms with Crippen LogP contribution in [0.25, 0.3) is 16.9 Å². The average molecular weight is 454 g/mol. The third kappa shape index (κ3) is 4.46. The maximum Gasteiger partial charge on any atom is 0.251 e. The molecule has 2 atom stereocenters. The number of Topliss-reactive ketones (excluding diaryl/α,β-unsaturated/α-hetero) is 1. The Morgan fingerprint density at radius 3 is 2.56 bits per heavy atom. The van der Waals surface area contributed by atoms with Gasteiger partial charge < -0.3 is 5.32 Å². The number of benzene rings is 1. The summed E-state index contributed by atoms with van der Waals surface area (Å²) in [4.78, 5) is 33.9. The molecule has 3 heterocycles. The van der Waals surface area contributed by atoms with Crippen molar-refractivity contribution in [1.29, 1.82) is 0 Å². The first kappa shape index (κ1) is 21.9. The molecule has 1 fully saturated rings. The van der Waals surface area contributed by atoms with Crippen molar-refractivity contribution in [3.8, 4) is 11.3 Å². The summed E-state index contributed by atoms with van der Waals surface area (Å²) in [6, 6.07) is 17.1. The van der Waals surface area contributed by atoms with Gasteiger partial charge in [0.05, 0.1) is 5.69 Å². The second kappa shape index (κ2) is 9.17. The lowest BCUT2D eigenvalue weighted by Crippen LogP contribution is -2.22. The van der Waals surface area contributed by atoms with E-state index in [0.717, 1.165) is 35.3 Å². The zero-order chi connectivity index (χ0) is 23.7. The third-order valence-electron chi connectivity index (χ3n) is 6.58. The number of aromatic nitrogens is 4. The lowest BCUT2D eigenvalue weighted by atomic mass is 9.89. The van der Waals surface area contributed by atoms with Gasteiger partial charge in [-0.2, -0.15) is 5.10 Å². The first-order chi connectivity index (χ1) is 16.5. The molecule has 0 aliphatic heterocycles. The molecule has 1 N–H and O–H groups in total. The molecule has 34 heavy (non-hydrogen) atoms. The van der Waals surface area contributed by atoms with Gasteiger partial charge in [0, 0.05) is 47.8 Å². The lowest BCUT2D eigenvalue weighted by Gasteiger charge is -2.15. The van der Waals surface area contributed by atoms with Crippen LogP contribution in [-0.2, 0) is 11.3 Å². The SMILES string of the molecule is CC(C(=O)C1CC1)C(C)c1nc2cccc(-c3ccc(C(=O)NCc4cccnc4)cc3)n2n1. The molecule has 7 heteroatoms. The first-order valence-corrected chi connectivity index (χ1v) is 11.7. The van der Waals surface area contributed by atoms with Crippen LogP contribution in [0.3, 0.4) is 0 Å². The summed E-state index contributed by atoms with van der Waals surface area (Å²) >= 11 is 0. The van der Waals surface area contributed by atoms with Crippen molar-refractivity contribution in [2.24, 2.45) is 11.8 Å². The van der Waals surface area contributed by atoms with E-state index in [2.05, 4.69) is 10.3 Å². The summed E-state index contributed by atoms with van der Waals surface area (Å²) in [7, 11) is 0.